The first-order valence-electron chi connectivity index (χ1n) is 2.13. The Balaban J connectivity index is 2.82. The molecule has 0 fully saturated rings. The van der Waals surface area contributed by atoms with E-state index in [1.165, 1.54) is 0 Å². The number of hydrogen-bond donors (Lipinski definition) is 1. The van der Waals surface area contributed by atoms with Gasteiger partial charge >= 0.3 is 49.0 Å². The fourth-order valence-electron chi connectivity index (χ4n) is 0.203. The summed E-state index contributed by atoms with van der Waals surface area (Å²) < 4.78 is 0. The maximum absolute atomic E-state index is 10.00. The van der Waals surface area contributed by atoms with Crippen molar-refractivity contribution in [3.8, 4) is 0 Å². The summed E-state index contributed by atoms with van der Waals surface area (Å²) in [6.07, 6.45) is 0. The summed E-state index contributed by atoms with van der Waals surface area (Å²) >= 11 is 0.464. The first-order valence-corrected chi connectivity index (χ1v) is 4.55. The quantitative estimate of drug-likeness (QED) is 0.590. The van der Waals surface area contributed by atoms with Crippen molar-refractivity contribution in [1.29, 1.82) is 0 Å². The number of amides is 1. The van der Waals surface area contributed by atoms with Crippen molar-refractivity contribution in [2.24, 2.45) is 5.73 Å². The van der Waals surface area contributed by atoms with Gasteiger partial charge < -0.3 is 0 Å². The van der Waals surface area contributed by atoms with Crippen LogP contribution in [0.4, 0.5) is 0 Å². The molecule has 0 aliphatic rings. The molecule has 0 saturated carbocycles. The van der Waals surface area contributed by atoms with Gasteiger partial charge in [-0.3, -0.25) is 0 Å². The molecule has 0 atom stereocenters. The molecule has 7 heavy (non-hydrogen) atoms. The second-order valence-electron chi connectivity index (χ2n) is 1.10. The molecule has 2 N–H and O–H groups in total. The maximum atomic E-state index is 10.00. The fraction of sp³-hybridized carbons (Fsp3) is 0.750. The summed E-state index contributed by atoms with van der Waals surface area (Å²) in [7, 11) is 0. The molecule has 0 radical (unpaired) electrons. The Morgan fingerprint density at radius 1 is 1.86 bits per heavy atom. The van der Waals surface area contributed by atoms with E-state index in [0.29, 0.717) is 20.3 Å². The van der Waals surface area contributed by atoms with Gasteiger partial charge in [0.15, 0.2) is 0 Å². The number of primary amides is 1. The van der Waals surface area contributed by atoms with Crippen LogP contribution in [0.5, 0.6) is 0 Å². The molecule has 0 heterocycles. The first kappa shape index (κ1) is 6.99. The van der Waals surface area contributed by atoms with Crippen molar-refractivity contribution < 1.29 is 4.79 Å². The average Bonchev–Trinajstić information content (AvgIpc) is 1.61. The van der Waals surface area contributed by atoms with Crippen LogP contribution in [0.2, 0.25) is 10.6 Å². The van der Waals surface area contributed by atoms with Crippen LogP contribution in [0, 0.1) is 0 Å². The zero-order valence-corrected chi connectivity index (χ0v) is 6.02. The molecule has 0 rings (SSSR count). The Bertz CT molecular complexity index is 64.7. The van der Waals surface area contributed by atoms with Gasteiger partial charge in [0.2, 0.25) is 0 Å². The third kappa shape index (κ3) is 5.99. The molecule has 0 aliphatic carbocycles. The topological polar surface area (TPSA) is 43.1 Å². The molecule has 0 aromatic heterocycles. The molecule has 0 unspecified atom stereocenters. The van der Waals surface area contributed by atoms with Gasteiger partial charge in [-0.15, -0.1) is 0 Å². The van der Waals surface area contributed by atoms with E-state index in [2.05, 4.69) is 6.92 Å². The monoisotopic (exact) mass is 167 g/mol. The van der Waals surface area contributed by atoms with Gasteiger partial charge in [0.25, 0.3) is 0 Å². The second kappa shape index (κ2) is 4.16. The molecular weight excluding hydrogens is 157 g/mol. The standard InChI is InChI=1S/C4H9NOSe/c1-2-7-3-4(5)6/h2-3H2,1H3,(H2,5,6). The predicted molar refractivity (Wildman–Crippen MR) is 30.2 cm³/mol. The summed E-state index contributed by atoms with van der Waals surface area (Å²) in [5.74, 6) is -0.165. The van der Waals surface area contributed by atoms with E-state index in [9.17, 15) is 4.79 Å². The van der Waals surface area contributed by atoms with E-state index in [4.69, 9.17) is 5.73 Å². The van der Waals surface area contributed by atoms with Crippen molar-refractivity contribution in [3.63, 3.8) is 0 Å². The Morgan fingerprint density at radius 2 is 2.43 bits per heavy atom. The Hall–Kier alpha value is -0.0105. The molecule has 3 heteroatoms. The van der Waals surface area contributed by atoms with Crippen LogP contribution in [-0.2, 0) is 4.79 Å². The molecule has 0 aromatic carbocycles. The fourth-order valence-corrected chi connectivity index (χ4v) is 1.05. The van der Waals surface area contributed by atoms with Crippen LogP contribution >= 0.6 is 0 Å². The van der Waals surface area contributed by atoms with E-state index in [0.717, 1.165) is 5.32 Å². The number of rotatable bonds is 3. The Morgan fingerprint density at radius 3 is 2.57 bits per heavy atom. The van der Waals surface area contributed by atoms with Crippen LogP contribution in [0.25, 0.3) is 0 Å². The molecule has 0 aliphatic heterocycles. The molecule has 0 saturated heterocycles. The molecular formula is C4H9NOSe. The van der Waals surface area contributed by atoms with Gasteiger partial charge in [0, 0.05) is 0 Å². The third-order valence-corrected chi connectivity index (χ3v) is 2.33. The molecule has 42 valence electrons. The molecule has 2 nitrogen and oxygen atoms in total. The van der Waals surface area contributed by atoms with Crippen LogP contribution in [-0.4, -0.2) is 20.9 Å². The van der Waals surface area contributed by atoms with Crippen molar-refractivity contribution in [2.75, 3.05) is 0 Å². The van der Waals surface area contributed by atoms with Crippen molar-refractivity contribution in [2.45, 2.75) is 17.6 Å². The minimum absolute atomic E-state index is 0.165. The van der Waals surface area contributed by atoms with Crippen LogP contribution in [0.1, 0.15) is 6.92 Å². The predicted octanol–water partition coefficient (Wildman–Crippen LogP) is 0.0324. The van der Waals surface area contributed by atoms with Crippen LogP contribution < -0.4 is 5.73 Å². The molecule has 0 spiro atoms. The van der Waals surface area contributed by atoms with Gasteiger partial charge in [0.05, 0.1) is 0 Å². The van der Waals surface area contributed by atoms with Crippen LogP contribution in [0.15, 0.2) is 0 Å². The number of nitrogens with two attached hydrogens (primary N) is 1. The molecule has 0 aromatic rings. The zero-order valence-electron chi connectivity index (χ0n) is 4.31. The van der Waals surface area contributed by atoms with Gasteiger partial charge in [-0.05, 0) is 0 Å². The third-order valence-electron chi connectivity index (χ3n) is 0.448. The van der Waals surface area contributed by atoms with Gasteiger partial charge in [-0.1, -0.05) is 0 Å². The number of carbonyl (C=O) groups is 1. The zero-order chi connectivity index (χ0) is 5.70. The van der Waals surface area contributed by atoms with Crippen molar-refractivity contribution >= 4 is 20.9 Å². The number of hydrogen-bond acceptors (Lipinski definition) is 1. The van der Waals surface area contributed by atoms with Gasteiger partial charge in [-0.25, -0.2) is 0 Å². The Labute approximate surface area is 49.6 Å². The van der Waals surface area contributed by atoms with Crippen LogP contribution in [0.3, 0.4) is 0 Å². The van der Waals surface area contributed by atoms with E-state index < -0.39 is 0 Å². The van der Waals surface area contributed by atoms with E-state index in [-0.39, 0.29) is 5.91 Å². The Kier molecular flexibility index (Phi) is 4.15. The molecule has 0 bridgehead atoms. The van der Waals surface area contributed by atoms with Gasteiger partial charge in [-0.2, -0.15) is 0 Å². The van der Waals surface area contributed by atoms with E-state index in [1.54, 1.807) is 0 Å². The summed E-state index contributed by atoms with van der Waals surface area (Å²) in [5.41, 5.74) is 4.86. The van der Waals surface area contributed by atoms with E-state index >= 15 is 0 Å². The van der Waals surface area contributed by atoms with Crippen molar-refractivity contribution in [3.05, 3.63) is 0 Å². The van der Waals surface area contributed by atoms with Crippen molar-refractivity contribution in [1.82, 2.24) is 0 Å². The second-order valence-corrected chi connectivity index (χ2v) is 3.78. The number of carbonyl (C=O) groups excluding carboxylic acids is 1. The van der Waals surface area contributed by atoms with E-state index in [1.807, 2.05) is 0 Å². The SMILES string of the molecule is CC[Se]CC(N)=O. The average molecular weight is 166 g/mol. The summed E-state index contributed by atoms with van der Waals surface area (Å²) in [5, 5.41) is 1.71. The summed E-state index contributed by atoms with van der Waals surface area (Å²) in [6.45, 7) is 2.06. The summed E-state index contributed by atoms with van der Waals surface area (Å²) in [6, 6.07) is 0. The molecule has 1 amide bonds. The minimum atomic E-state index is -0.165. The van der Waals surface area contributed by atoms with Gasteiger partial charge in [0.1, 0.15) is 0 Å². The first-order chi connectivity index (χ1) is 3.27. The normalized spacial score (nSPS) is 8.71. The summed E-state index contributed by atoms with van der Waals surface area (Å²) in [4.78, 5) is 10.00.